The number of benzene rings is 2. The molecule has 0 heterocycles. The van der Waals surface area contributed by atoms with E-state index in [1.54, 1.807) is 36.4 Å². The number of hydrogen-bond donors (Lipinski definition) is 2. The number of carbonyl (C=O) groups excluding carboxylic acids is 2. The van der Waals surface area contributed by atoms with Gasteiger partial charge in [-0.3, -0.25) is 9.59 Å². The lowest BCUT2D eigenvalue weighted by molar-refractivity contribution is -0.117. The van der Waals surface area contributed by atoms with Gasteiger partial charge in [0.1, 0.15) is 4.33 Å². The molecule has 2 N–H and O–H groups in total. The lowest BCUT2D eigenvalue weighted by Crippen LogP contribution is -2.34. The molecule has 158 valence electrons. The third-order valence-corrected chi connectivity index (χ3v) is 7.18. The van der Waals surface area contributed by atoms with Gasteiger partial charge < -0.3 is 10.6 Å². The van der Waals surface area contributed by atoms with E-state index in [-0.39, 0.29) is 17.4 Å². The van der Waals surface area contributed by atoms with E-state index in [0.29, 0.717) is 31.9 Å². The summed E-state index contributed by atoms with van der Waals surface area (Å²) >= 11 is 31.1. The minimum atomic E-state index is -1.29. The van der Waals surface area contributed by atoms with E-state index in [1.165, 1.54) is 0 Å². The number of halogens is 5. The summed E-state index contributed by atoms with van der Waals surface area (Å²) in [5, 5.41) is 6.90. The smallest absolute Gasteiger partial charge is 0.253 e. The molecule has 0 aromatic heterocycles. The highest BCUT2D eigenvalue weighted by atomic mass is 35.5. The van der Waals surface area contributed by atoms with Gasteiger partial charge in [0.25, 0.3) is 5.91 Å². The van der Waals surface area contributed by atoms with Gasteiger partial charge in [-0.2, -0.15) is 0 Å². The van der Waals surface area contributed by atoms with E-state index in [2.05, 4.69) is 10.6 Å². The number of amides is 2. The summed E-state index contributed by atoms with van der Waals surface area (Å²) < 4.78 is -1.29. The topological polar surface area (TPSA) is 58.2 Å². The first-order valence-electron chi connectivity index (χ1n) is 9.27. The van der Waals surface area contributed by atoms with Crippen LogP contribution in [0.3, 0.4) is 0 Å². The standard InChI is InChI=1S/C21H17Cl5N2O2/c1-20(4-5-20)28-18(29)14-9-13(2-3-15(14)24)27-19(30)17-16(21(17,25)26)10-6-11(22)8-12(23)7-10/h2-3,6-9,16-17H,4-5H2,1H3,(H,27,30)(H,28,29)/t16-,17+/m0/s1. The second-order valence-corrected chi connectivity index (χ2v) is 10.8. The Bertz CT molecular complexity index is 1030. The molecule has 2 saturated carbocycles. The van der Waals surface area contributed by atoms with Crippen molar-refractivity contribution in [3.05, 3.63) is 62.6 Å². The van der Waals surface area contributed by atoms with Crippen LogP contribution in [0.4, 0.5) is 5.69 Å². The largest absolute Gasteiger partial charge is 0.347 e. The van der Waals surface area contributed by atoms with Gasteiger partial charge in [0.2, 0.25) is 5.91 Å². The maximum absolute atomic E-state index is 12.9. The zero-order valence-electron chi connectivity index (χ0n) is 15.7. The lowest BCUT2D eigenvalue weighted by atomic mass is 10.1. The first-order valence-corrected chi connectivity index (χ1v) is 11.2. The predicted octanol–water partition coefficient (Wildman–Crippen LogP) is 6.46. The van der Waals surface area contributed by atoms with E-state index in [1.807, 2.05) is 6.92 Å². The summed E-state index contributed by atoms with van der Waals surface area (Å²) in [6.45, 7) is 1.97. The van der Waals surface area contributed by atoms with Gasteiger partial charge in [-0.25, -0.2) is 0 Å². The Balaban J connectivity index is 1.51. The Labute approximate surface area is 199 Å². The molecule has 0 bridgehead atoms. The Morgan fingerprint density at radius 2 is 1.63 bits per heavy atom. The van der Waals surface area contributed by atoms with Gasteiger partial charge >= 0.3 is 0 Å². The summed E-state index contributed by atoms with van der Waals surface area (Å²) in [5.41, 5.74) is 1.22. The van der Waals surface area contributed by atoms with Gasteiger partial charge in [-0.15, -0.1) is 23.2 Å². The molecule has 2 fully saturated rings. The Morgan fingerprint density at radius 1 is 1.00 bits per heavy atom. The molecule has 2 aromatic rings. The van der Waals surface area contributed by atoms with Crippen molar-refractivity contribution in [2.45, 2.75) is 35.6 Å². The molecule has 4 rings (SSSR count). The van der Waals surface area contributed by atoms with Crippen LogP contribution in [-0.2, 0) is 4.79 Å². The highest BCUT2D eigenvalue weighted by molar-refractivity contribution is 6.53. The molecule has 2 aliphatic rings. The van der Waals surface area contributed by atoms with Gasteiger partial charge in [-0.05, 0) is 61.7 Å². The van der Waals surface area contributed by atoms with Crippen LogP contribution in [0.15, 0.2) is 36.4 Å². The van der Waals surface area contributed by atoms with E-state index in [0.717, 1.165) is 12.8 Å². The van der Waals surface area contributed by atoms with Gasteiger partial charge in [-0.1, -0.05) is 34.8 Å². The number of anilines is 1. The fourth-order valence-electron chi connectivity index (χ4n) is 3.47. The van der Waals surface area contributed by atoms with Crippen molar-refractivity contribution in [2.75, 3.05) is 5.32 Å². The molecule has 2 aromatic carbocycles. The second-order valence-electron chi connectivity index (χ2n) is 8.03. The van der Waals surface area contributed by atoms with Crippen LogP contribution < -0.4 is 10.6 Å². The highest BCUT2D eigenvalue weighted by Crippen LogP contribution is 2.65. The molecule has 4 nitrogen and oxygen atoms in total. The minimum Gasteiger partial charge on any atom is -0.347 e. The molecule has 0 saturated heterocycles. The van der Waals surface area contributed by atoms with Crippen molar-refractivity contribution in [1.82, 2.24) is 5.32 Å². The first kappa shape index (κ1) is 22.0. The predicted molar refractivity (Wildman–Crippen MR) is 122 cm³/mol. The zero-order valence-corrected chi connectivity index (χ0v) is 19.5. The molecule has 0 unspecified atom stereocenters. The Morgan fingerprint density at radius 3 is 2.23 bits per heavy atom. The molecule has 30 heavy (non-hydrogen) atoms. The van der Waals surface area contributed by atoms with Crippen molar-refractivity contribution in [1.29, 1.82) is 0 Å². The highest BCUT2D eigenvalue weighted by Gasteiger charge is 2.67. The van der Waals surface area contributed by atoms with E-state index < -0.39 is 16.2 Å². The Hall–Kier alpha value is -1.17. The number of hydrogen-bond acceptors (Lipinski definition) is 2. The maximum Gasteiger partial charge on any atom is 0.253 e. The van der Waals surface area contributed by atoms with E-state index in [4.69, 9.17) is 58.0 Å². The number of alkyl halides is 2. The molecule has 0 spiro atoms. The monoisotopic (exact) mass is 504 g/mol. The molecular weight excluding hydrogens is 490 g/mol. The maximum atomic E-state index is 12.9. The quantitative estimate of drug-likeness (QED) is 0.458. The number of rotatable bonds is 5. The molecule has 0 radical (unpaired) electrons. The molecule has 9 heteroatoms. The van der Waals surface area contributed by atoms with Crippen molar-refractivity contribution >= 4 is 75.5 Å². The third kappa shape index (κ3) is 4.39. The average Bonchev–Trinajstić information content (AvgIpc) is 3.50. The summed E-state index contributed by atoms with van der Waals surface area (Å²) in [7, 11) is 0. The van der Waals surface area contributed by atoms with E-state index >= 15 is 0 Å². The van der Waals surface area contributed by atoms with Crippen LogP contribution in [0.2, 0.25) is 15.1 Å². The fraction of sp³-hybridized carbons (Fsp3) is 0.333. The number of nitrogens with one attached hydrogen (secondary N) is 2. The van der Waals surface area contributed by atoms with Crippen LogP contribution in [0.25, 0.3) is 0 Å². The molecular formula is C21H17Cl5N2O2. The van der Waals surface area contributed by atoms with Crippen molar-refractivity contribution in [3.63, 3.8) is 0 Å². The van der Waals surface area contributed by atoms with Gasteiger partial charge in [0.05, 0.1) is 16.5 Å². The van der Waals surface area contributed by atoms with Gasteiger partial charge in [0, 0.05) is 27.2 Å². The van der Waals surface area contributed by atoms with Gasteiger partial charge in [0.15, 0.2) is 0 Å². The summed E-state index contributed by atoms with van der Waals surface area (Å²) in [6.07, 6.45) is 1.85. The first-order chi connectivity index (χ1) is 14.0. The van der Waals surface area contributed by atoms with Crippen LogP contribution in [0, 0.1) is 5.92 Å². The molecule has 2 aliphatic carbocycles. The number of carbonyl (C=O) groups is 2. The normalized spacial score (nSPS) is 22.9. The van der Waals surface area contributed by atoms with Crippen molar-refractivity contribution in [2.24, 2.45) is 5.92 Å². The van der Waals surface area contributed by atoms with Crippen LogP contribution >= 0.6 is 58.0 Å². The van der Waals surface area contributed by atoms with Crippen LogP contribution in [-0.4, -0.2) is 21.7 Å². The SMILES string of the molecule is CC1(NC(=O)c2cc(NC(=O)[C@H]3[C@H](c4cc(Cl)cc(Cl)c4)C3(Cl)Cl)ccc2Cl)CC1. The Kier molecular flexibility index (Phi) is 5.70. The zero-order chi connectivity index (χ0) is 21.8. The average molecular weight is 507 g/mol. The summed E-state index contributed by atoms with van der Waals surface area (Å²) in [6, 6.07) is 9.70. The lowest BCUT2D eigenvalue weighted by Gasteiger charge is -2.13. The third-order valence-electron chi connectivity index (χ3n) is 5.47. The van der Waals surface area contributed by atoms with Crippen LogP contribution in [0.5, 0.6) is 0 Å². The fourth-order valence-corrected chi connectivity index (χ4v) is 5.05. The summed E-state index contributed by atoms with van der Waals surface area (Å²) in [4.78, 5) is 25.4. The molecule has 2 atom stereocenters. The van der Waals surface area contributed by atoms with Crippen molar-refractivity contribution in [3.8, 4) is 0 Å². The van der Waals surface area contributed by atoms with Crippen LogP contribution in [0.1, 0.15) is 41.6 Å². The second kappa shape index (κ2) is 7.75. The van der Waals surface area contributed by atoms with Crippen molar-refractivity contribution < 1.29 is 9.59 Å². The molecule has 2 amide bonds. The minimum absolute atomic E-state index is 0.185. The van der Waals surface area contributed by atoms with E-state index in [9.17, 15) is 9.59 Å². The molecule has 0 aliphatic heterocycles. The summed E-state index contributed by atoms with van der Waals surface area (Å²) in [5.74, 6) is -1.81.